The lowest BCUT2D eigenvalue weighted by Gasteiger charge is -2.33. The van der Waals surface area contributed by atoms with Crippen LogP contribution in [0.5, 0.6) is 0 Å². The van der Waals surface area contributed by atoms with E-state index in [9.17, 15) is 0 Å². The van der Waals surface area contributed by atoms with E-state index in [1.165, 1.54) is 0 Å². The van der Waals surface area contributed by atoms with Crippen LogP contribution in [0.25, 0.3) is 0 Å². The van der Waals surface area contributed by atoms with Crippen molar-refractivity contribution in [2.75, 3.05) is 14.1 Å². The van der Waals surface area contributed by atoms with Crippen molar-refractivity contribution in [1.29, 1.82) is 0 Å². The van der Waals surface area contributed by atoms with Gasteiger partial charge in [-0.3, -0.25) is 0 Å². The van der Waals surface area contributed by atoms with Crippen LogP contribution in [-0.2, 0) is 0 Å². The average molecular weight is 347 g/mol. The molecule has 1 unspecified atom stereocenters. The summed E-state index contributed by atoms with van der Waals surface area (Å²) < 4.78 is 5.14. The lowest BCUT2D eigenvalue weighted by molar-refractivity contribution is 0.784. The zero-order chi connectivity index (χ0) is 16.7. The van der Waals surface area contributed by atoms with E-state index < -0.39 is 34.4 Å². The molecular formula is C14H38N2Si4. The van der Waals surface area contributed by atoms with Crippen LogP contribution in [0.2, 0.25) is 52.4 Å². The number of hydrogen-bond donors (Lipinski definition) is 0. The van der Waals surface area contributed by atoms with E-state index in [4.69, 9.17) is 0 Å². The van der Waals surface area contributed by atoms with Gasteiger partial charge >= 0.3 is 0 Å². The second-order valence-corrected chi connectivity index (χ2v) is 23.5. The van der Waals surface area contributed by atoms with Gasteiger partial charge in [-0.25, -0.2) is 0 Å². The summed E-state index contributed by atoms with van der Waals surface area (Å²) in [5, 5.41) is 0. The fraction of sp³-hybridized carbons (Fsp3) is 0.714. The highest BCUT2D eigenvalue weighted by atomic mass is 28.4. The molecule has 0 aliphatic heterocycles. The van der Waals surface area contributed by atoms with Gasteiger partial charge in [0, 0.05) is 0 Å². The standard InChI is InChI=1S/C8H19NSi2.C6H19NSi2/c1-7-10(4)9(3)11(5,6)8-2;1-7(8(2)3)9(4,5)6/h7-8,10H,1-2H2,3-6H3;8H,1-6H3. The molecule has 0 spiro atoms. The van der Waals surface area contributed by atoms with Crippen molar-refractivity contribution in [3.05, 3.63) is 24.6 Å². The maximum atomic E-state index is 3.88. The van der Waals surface area contributed by atoms with Crippen molar-refractivity contribution in [2.45, 2.75) is 52.4 Å². The number of rotatable bonds is 6. The summed E-state index contributed by atoms with van der Waals surface area (Å²) >= 11 is 0. The molecule has 0 saturated heterocycles. The number of hydrogen-bond acceptors (Lipinski definition) is 2. The lowest BCUT2D eigenvalue weighted by Crippen LogP contribution is -2.50. The maximum Gasteiger partial charge on any atom is 0.139 e. The Labute approximate surface area is 134 Å². The highest BCUT2D eigenvalue weighted by molar-refractivity contribution is 6.88. The van der Waals surface area contributed by atoms with Crippen LogP contribution < -0.4 is 0 Å². The molecule has 0 heterocycles. The van der Waals surface area contributed by atoms with E-state index in [0.717, 1.165) is 0 Å². The average Bonchev–Trinajstić information content (AvgIpc) is 2.35. The summed E-state index contributed by atoms with van der Waals surface area (Å²) in [5.41, 5.74) is 4.23. The van der Waals surface area contributed by atoms with Crippen LogP contribution in [0.4, 0.5) is 0 Å². The van der Waals surface area contributed by atoms with E-state index in [1.807, 2.05) is 0 Å². The van der Waals surface area contributed by atoms with Crippen LogP contribution >= 0.6 is 0 Å². The third kappa shape index (κ3) is 8.53. The lowest BCUT2D eigenvalue weighted by atomic mass is 11.3. The van der Waals surface area contributed by atoms with Gasteiger partial charge < -0.3 is 8.46 Å². The summed E-state index contributed by atoms with van der Waals surface area (Å²) in [6.45, 7) is 26.6. The normalized spacial score (nSPS) is 14.1. The van der Waals surface area contributed by atoms with Gasteiger partial charge in [0.25, 0.3) is 0 Å². The molecule has 0 aromatic carbocycles. The first-order valence-corrected chi connectivity index (χ1v) is 19.2. The molecule has 0 aromatic heterocycles. The van der Waals surface area contributed by atoms with E-state index >= 15 is 0 Å². The smallest absolute Gasteiger partial charge is 0.139 e. The molecule has 0 aliphatic rings. The molecule has 120 valence electrons. The van der Waals surface area contributed by atoms with Gasteiger partial charge in [0.05, 0.1) is 8.96 Å². The molecule has 0 amide bonds. The fourth-order valence-electron chi connectivity index (χ4n) is 1.60. The fourth-order valence-corrected chi connectivity index (χ4v) is 13.2. The highest BCUT2D eigenvalue weighted by Gasteiger charge is 2.25. The molecule has 0 aromatic rings. The van der Waals surface area contributed by atoms with Crippen LogP contribution in [0.15, 0.2) is 24.6 Å². The zero-order valence-corrected chi connectivity index (χ0v) is 19.9. The second kappa shape index (κ2) is 9.32. The van der Waals surface area contributed by atoms with Crippen molar-refractivity contribution in [2.24, 2.45) is 0 Å². The van der Waals surface area contributed by atoms with E-state index in [0.29, 0.717) is 0 Å². The Morgan fingerprint density at radius 1 is 0.850 bits per heavy atom. The first-order chi connectivity index (χ1) is 8.81. The molecule has 0 aliphatic carbocycles. The summed E-state index contributed by atoms with van der Waals surface area (Å²) in [6, 6.07) is 0. The molecular weight excluding hydrogens is 309 g/mol. The first-order valence-electron chi connectivity index (χ1n) is 7.53. The van der Waals surface area contributed by atoms with Crippen molar-refractivity contribution < 1.29 is 0 Å². The Hall–Kier alpha value is 0.268. The summed E-state index contributed by atoms with van der Waals surface area (Å²) in [7, 11) is 0.951. The van der Waals surface area contributed by atoms with Gasteiger partial charge in [0.15, 0.2) is 0 Å². The monoisotopic (exact) mass is 346 g/mol. The molecule has 0 rings (SSSR count). The van der Waals surface area contributed by atoms with E-state index in [2.05, 4.69) is 99.5 Å². The minimum atomic E-state index is -1.28. The topological polar surface area (TPSA) is 6.48 Å². The zero-order valence-electron chi connectivity index (χ0n) is 15.6. The molecule has 1 atom stereocenters. The Bertz CT molecular complexity index is 298. The third-order valence-corrected chi connectivity index (χ3v) is 19.7. The Morgan fingerprint density at radius 2 is 1.25 bits per heavy atom. The number of nitrogens with zero attached hydrogens (tertiary/aromatic N) is 2. The molecule has 0 fully saturated rings. The molecule has 0 bridgehead atoms. The molecule has 0 radical (unpaired) electrons. The SMILES string of the molecule is C=C[SiH](C)N(C)[Si](C)(C)C=C.CN([SiH](C)C)[Si](C)(C)C. The molecule has 6 heteroatoms. The molecule has 0 N–H and O–H groups in total. The van der Waals surface area contributed by atoms with Crippen molar-refractivity contribution in [3.63, 3.8) is 0 Å². The van der Waals surface area contributed by atoms with Crippen molar-refractivity contribution in [3.8, 4) is 0 Å². The van der Waals surface area contributed by atoms with E-state index in [1.54, 1.807) is 0 Å². The molecule has 2 nitrogen and oxygen atoms in total. The van der Waals surface area contributed by atoms with Crippen molar-refractivity contribution in [1.82, 2.24) is 8.46 Å². The van der Waals surface area contributed by atoms with Crippen LogP contribution in [-0.4, -0.2) is 56.9 Å². The summed E-state index contributed by atoms with van der Waals surface area (Å²) in [4.78, 5) is 0. The Balaban J connectivity index is 0. The largest absolute Gasteiger partial charge is 0.351 e. The van der Waals surface area contributed by atoms with Crippen LogP contribution in [0.3, 0.4) is 0 Å². The third-order valence-electron chi connectivity index (χ3n) is 4.19. The second-order valence-electron chi connectivity index (χ2n) is 7.32. The summed E-state index contributed by atoms with van der Waals surface area (Å²) in [6.07, 6.45) is 0. The summed E-state index contributed by atoms with van der Waals surface area (Å²) in [5.74, 6) is 0. The quantitative estimate of drug-likeness (QED) is 0.677. The Kier molecular flexibility index (Phi) is 10.5. The van der Waals surface area contributed by atoms with Crippen LogP contribution in [0, 0.1) is 0 Å². The van der Waals surface area contributed by atoms with Crippen molar-refractivity contribution >= 4 is 34.4 Å². The van der Waals surface area contributed by atoms with Gasteiger partial charge in [-0.15, -0.1) is 13.2 Å². The predicted molar refractivity (Wildman–Crippen MR) is 109 cm³/mol. The van der Waals surface area contributed by atoms with E-state index in [-0.39, 0.29) is 0 Å². The minimum absolute atomic E-state index is 0.495. The minimum Gasteiger partial charge on any atom is -0.351 e. The molecule has 20 heavy (non-hydrogen) atoms. The van der Waals surface area contributed by atoms with Gasteiger partial charge in [-0.2, -0.15) is 0 Å². The predicted octanol–water partition coefficient (Wildman–Crippen LogP) is 3.66. The van der Waals surface area contributed by atoms with Gasteiger partial charge in [0.1, 0.15) is 25.4 Å². The van der Waals surface area contributed by atoms with Gasteiger partial charge in [-0.1, -0.05) is 63.8 Å². The van der Waals surface area contributed by atoms with Gasteiger partial charge in [-0.05, 0) is 14.1 Å². The van der Waals surface area contributed by atoms with Crippen LogP contribution in [0.1, 0.15) is 0 Å². The molecule has 0 saturated carbocycles. The maximum absolute atomic E-state index is 3.88. The highest BCUT2D eigenvalue weighted by Crippen LogP contribution is 2.10. The Morgan fingerprint density at radius 3 is 1.40 bits per heavy atom. The van der Waals surface area contributed by atoms with Gasteiger partial charge in [0.2, 0.25) is 0 Å². The first kappa shape index (κ1) is 22.5.